The molecule has 0 radical (unpaired) electrons. The number of aryl methyl sites for hydroxylation is 1. The Balaban J connectivity index is 2.98. The molecule has 1 rings (SSSR count). The molecule has 0 aromatic carbocycles. The Morgan fingerprint density at radius 1 is 1.43 bits per heavy atom. The molecule has 2 N–H and O–H groups in total. The molecule has 0 spiro atoms. The molecule has 0 fully saturated rings. The molecule has 0 atom stereocenters. The first-order valence-electron chi connectivity index (χ1n) is 6.44. The second-order valence-electron chi connectivity index (χ2n) is 4.91. The lowest BCUT2D eigenvalue weighted by molar-refractivity contribution is -0.147. The number of nitrogens with one attached hydrogen (secondary N) is 1. The van der Waals surface area contributed by atoms with Gasteiger partial charge in [-0.1, -0.05) is 0 Å². The fourth-order valence-electron chi connectivity index (χ4n) is 1.77. The normalized spacial score (nSPS) is 10.9. The maximum absolute atomic E-state index is 12.2. The van der Waals surface area contributed by atoms with Crippen LogP contribution in [-0.4, -0.2) is 51.2 Å². The van der Waals surface area contributed by atoms with Gasteiger partial charge in [0.25, 0.3) is 0 Å². The van der Waals surface area contributed by atoms with Crippen molar-refractivity contribution in [2.75, 3.05) is 19.0 Å². The van der Waals surface area contributed by atoms with E-state index in [-0.39, 0.29) is 12.5 Å². The third-order valence-electron chi connectivity index (χ3n) is 3.02. The summed E-state index contributed by atoms with van der Waals surface area (Å²) in [6.45, 7) is 6.57. The number of amides is 2. The SMILES string of the molecule is CCN(C(=O)Nc1nc(C)cc(OC)n1)C(C)(C)C(=O)O. The average molecular weight is 296 g/mol. The molecule has 116 valence electrons. The molecule has 0 aliphatic carbocycles. The molecule has 1 aromatic rings. The van der Waals surface area contributed by atoms with Crippen LogP contribution in [0.2, 0.25) is 0 Å². The molecular formula is C13H20N4O4. The van der Waals surface area contributed by atoms with E-state index in [0.29, 0.717) is 11.6 Å². The Bertz CT molecular complexity index is 545. The Kier molecular flexibility index (Phi) is 5.07. The summed E-state index contributed by atoms with van der Waals surface area (Å²) in [6, 6.07) is 1.03. The number of rotatable bonds is 5. The average Bonchev–Trinajstić information content (AvgIpc) is 2.37. The van der Waals surface area contributed by atoms with Crippen LogP contribution in [0.1, 0.15) is 26.5 Å². The van der Waals surface area contributed by atoms with Crippen LogP contribution >= 0.6 is 0 Å². The Hall–Kier alpha value is -2.38. The van der Waals surface area contributed by atoms with E-state index in [4.69, 9.17) is 4.74 Å². The number of likely N-dealkylation sites (N-methyl/N-ethyl adjacent to an activating group) is 1. The molecule has 21 heavy (non-hydrogen) atoms. The highest BCUT2D eigenvalue weighted by atomic mass is 16.5. The van der Waals surface area contributed by atoms with E-state index >= 15 is 0 Å². The lowest BCUT2D eigenvalue weighted by Crippen LogP contribution is -2.54. The van der Waals surface area contributed by atoms with Crippen LogP contribution in [-0.2, 0) is 4.79 Å². The van der Waals surface area contributed by atoms with Crippen LogP contribution in [0.5, 0.6) is 5.88 Å². The lowest BCUT2D eigenvalue weighted by atomic mass is 10.0. The number of nitrogens with zero attached hydrogens (tertiary/aromatic N) is 3. The summed E-state index contributed by atoms with van der Waals surface area (Å²) < 4.78 is 5.00. The molecule has 8 nitrogen and oxygen atoms in total. The highest BCUT2D eigenvalue weighted by Gasteiger charge is 2.37. The predicted molar refractivity (Wildman–Crippen MR) is 76.4 cm³/mol. The van der Waals surface area contributed by atoms with E-state index in [1.165, 1.54) is 25.9 Å². The number of carbonyl (C=O) groups is 2. The fraction of sp³-hybridized carbons (Fsp3) is 0.538. The van der Waals surface area contributed by atoms with Gasteiger partial charge in [-0.25, -0.2) is 14.6 Å². The molecule has 0 bridgehead atoms. The van der Waals surface area contributed by atoms with Gasteiger partial charge >= 0.3 is 12.0 Å². The van der Waals surface area contributed by atoms with Gasteiger partial charge in [-0.05, 0) is 27.7 Å². The van der Waals surface area contributed by atoms with Crippen molar-refractivity contribution in [3.8, 4) is 5.88 Å². The zero-order valence-corrected chi connectivity index (χ0v) is 12.8. The van der Waals surface area contributed by atoms with Crippen LogP contribution in [0, 0.1) is 6.92 Å². The van der Waals surface area contributed by atoms with Crippen molar-refractivity contribution in [2.24, 2.45) is 0 Å². The number of carbonyl (C=O) groups excluding carboxylic acids is 1. The van der Waals surface area contributed by atoms with Gasteiger partial charge in [0.05, 0.1) is 7.11 Å². The summed E-state index contributed by atoms with van der Waals surface area (Å²) >= 11 is 0. The summed E-state index contributed by atoms with van der Waals surface area (Å²) in [5.41, 5.74) is -0.718. The largest absolute Gasteiger partial charge is 0.481 e. The van der Waals surface area contributed by atoms with Gasteiger partial charge in [-0.15, -0.1) is 0 Å². The zero-order chi connectivity index (χ0) is 16.2. The summed E-state index contributed by atoms with van der Waals surface area (Å²) in [7, 11) is 1.46. The fourth-order valence-corrected chi connectivity index (χ4v) is 1.77. The van der Waals surface area contributed by atoms with Gasteiger partial charge in [0.2, 0.25) is 11.8 Å². The Morgan fingerprint density at radius 2 is 2.05 bits per heavy atom. The van der Waals surface area contributed by atoms with Crippen LogP contribution in [0.15, 0.2) is 6.07 Å². The predicted octanol–water partition coefficient (Wildman–Crippen LogP) is 1.51. The molecule has 0 aliphatic rings. The highest BCUT2D eigenvalue weighted by Crippen LogP contribution is 2.17. The number of urea groups is 1. The van der Waals surface area contributed by atoms with E-state index in [1.807, 2.05) is 0 Å². The number of aromatic nitrogens is 2. The number of hydrogen-bond acceptors (Lipinski definition) is 5. The maximum Gasteiger partial charge on any atom is 0.329 e. The van der Waals surface area contributed by atoms with Crippen LogP contribution in [0.3, 0.4) is 0 Å². The molecule has 0 saturated carbocycles. The van der Waals surface area contributed by atoms with Crippen molar-refractivity contribution in [2.45, 2.75) is 33.2 Å². The van der Waals surface area contributed by atoms with E-state index in [1.54, 1.807) is 19.9 Å². The molecule has 0 unspecified atom stereocenters. The highest BCUT2D eigenvalue weighted by molar-refractivity contribution is 5.92. The molecule has 0 aliphatic heterocycles. The zero-order valence-electron chi connectivity index (χ0n) is 12.8. The monoisotopic (exact) mass is 296 g/mol. The van der Waals surface area contributed by atoms with Crippen LogP contribution in [0.25, 0.3) is 0 Å². The summed E-state index contributed by atoms with van der Waals surface area (Å²) in [4.78, 5) is 32.7. The van der Waals surface area contributed by atoms with E-state index in [9.17, 15) is 14.7 Å². The van der Waals surface area contributed by atoms with Crippen molar-refractivity contribution in [3.05, 3.63) is 11.8 Å². The second-order valence-corrected chi connectivity index (χ2v) is 4.91. The number of carboxylic acid groups (broad SMARTS) is 1. The number of anilines is 1. The first-order chi connectivity index (χ1) is 9.72. The number of methoxy groups -OCH3 is 1. The minimum atomic E-state index is -1.34. The minimum absolute atomic E-state index is 0.0662. The number of aliphatic carboxylic acids is 1. The Labute approximate surface area is 123 Å². The molecule has 0 saturated heterocycles. The van der Waals surface area contributed by atoms with Gasteiger partial charge in [-0.2, -0.15) is 4.98 Å². The maximum atomic E-state index is 12.2. The van der Waals surface area contributed by atoms with E-state index in [2.05, 4.69) is 15.3 Å². The smallest absolute Gasteiger partial charge is 0.329 e. The van der Waals surface area contributed by atoms with Crippen molar-refractivity contribution in [1.29, 1.82) is 0 Å². The van der Waals surface area contributed by atoms with Crippen molar-refractivity contribution in [1.82, 2.24) is 14.9 Å². The first kappa shape index (κ1) is 16.7. The first-order valence-corrected chi connectivity index (χ1v) is 6.44. The third-order valence-corrected chi connectivity index (χ3v) is 3.02. The van der Waals surface area contributed by atoms with E-state index in [0.717, 1.165) is 0 Å². The standard InChI is InChI=1S/C13H20N4O4/c1-6-17(13(3,4)10(18)19)12(20)16-11-14-8(2)7-9(15-11)21-5/h7H,6H2,1-5H3,(H,18,19)(H,14,15,16,20). The van der Waals surface area contributed by atoms with Crippen LogP contribution < -0.4 is 10.1 Å². The van der Waals surface area contributed by atoms with Gasteiger partial charge < -0.3 is 14.7 Å². The minimum Gasteiger partial charge on any atom is -0.481 e. The van der Waals surface area contributed by atoms with Gasteiger partial charge in [0.15, 0.2) is 0 Å². The second kappa shape index (κ2) is 6.38. The number of ether oxygens (including phenoxy) is 1. The summed E-state index contributed by atoms with van der Waals surface area (Å²) in [5.74, 6) is -0.711. The quantitative estimate of drug-likeness (QED) is 0.853. The molecule has 2 amide bonds. The Morgan fingerprint density at radius 3 is 2.52 bits per heavy atom. The van der Waals surface area contributed by atoms with Gasteiger partial charge in [0.1, 0.15) is 5.54 Å². The topological polar surface area (TPSA) is 105 Å². The number of hydrogen-bond donors (Lipinski definition) is 2. The molecule has 1 heterocycles. The summed E-state index contributed by atoms with van der Waals surface area (Å²) in [5, 5.41) is 11.7. The van der Waals surface area contributed by atoms with Crippen molar-refractivity contribution in [3.63, 3.8) is 0 Å². The van der Waals surface area contributed by atoms with Gasteiger partial charge in [-0.3, -0.25) is 5.32 Å². The third kappa shape index (κ3) is 3.80. The van der Waals surface area contributed by atoms with Crippen molar-refractivity contribution < 1.29 is 19.4 Å². The van der Waals surface area contributed by atoms with Crippen molar-refractivity contribution >= 4 is 17.9 Å². The number of carboxylic acids is 1. The van der Waals surface area contributed by atoms with Crippen LogP contribution in [0.4, 0.5) is 10.7 Å². The molecule has 8 heteroatoms. The lowest BCUT2D eigenvalue weighted by Gasteiger charge is -2.33. The van der Waals surface area contributed by atoms with E-state index < -0.39 is 17.5 Å². The van der Waals surface area contributed by atoms with Gasteiger partial charge in [0, 0.05) is 18.3 Å². The summed E-state index contributed by atoms with van der Waals surface area (Å²) in [6.07, 6.45) is 0. The molecule has 1 aromatic heterocycles. The molecular weight excluding hydrogens is 276 g/mol.